The zero-order chi connectivity index (χ0) is 24.8. The van der Waals surface area contributed by atoms with Crippen molar-refractivity contribution in [2.75, 3.05) is 38.2 Å². The zero-order valence-corrected chi connectivity index (χ0v) is 19.4. The molecular weight excluding hydrogens is 452 g/mol. The fraction of sp³-hybridized carbons (Fsp3) is 0.259. The molecule has 0 saturated carbocycles. The highest BCUT2D eigenvalue weighted by atomic mass is 19.1. The van der Waals surface area contributed by atoms with Crippen molar-refractivity contribution in [3.05, 3.63) is 101 Å². The molecule has 0 aromatic heterocycles. The number of morpholine rings is 1. The fourth-order valence-corrected chi connectivity index (χ4v) is 4.09. The van der Waals surface area contributed by atoms with E-state index < -0.39 is 11.7 Å². The molecule has 1 aliphatic heterocycles. The second kappa shape index (κ2) is 11.2. The van der Waals surface area contributed by atoms with Gasteiger partial charge in [0.2, 0.25) is 0 Å². The van der Waals surface area contributed by atoms with E-state index in [0.717, 1.165) is 11.1 Å². The summed E-state index contributed by atoms with van der Waals surface area (Å²) in [6, 6.07) is 16.8. The average Bonchev–Trinajstić information content (AvgIpc) is 2.86. The summed E-state index contributed by atoms with van der Waals surface area (Å²) in [6.45, 7) is 4.55. The Kier molecular flexibility index (Phi) is 7.84. The molecule has 1 aliphatic rings. The Labute approximate surface area is 202 Å². The van der Waals surface area contributed by atoms with Gasteiger partial charge in [-0.2, -0.15) is 0 Å². The lowest BCUT2D eigenvalue weighted by Gasteiger charge is -2.35. The quantitative estimate of drug-likeness (QED) is 0.529. The number of halogens is 2. The predicted molar refractivity (Wildman–Crippen MR) is 129 cm³/mol. The SMILES string of the molecule is Cc1ccc(C(=O)NCC(c2cccc(F)c2)N2CCOCC2)cc1NC(=O)c1ccccc1F. The molecule has 3 aromatic carbocycles. The minimum Gasteiger partial charge on any atom is -0.379 e. The summed E-state index contributed by atoms with van der Waals surface area (Å²) >= 11 is 0. The summed E-state index contributed by atoms with van der Waals surface area (Å²) in [6.07, 6.45) is 0. The van der Waals surface area contributed by atoms with Crippen LogP contribution in [-0.2, 0) is 4.74 Å². The van der Waals surface area contributed by atoms with Crippen LogP contribution in [0.15, 0.2) is 66.7 Å². The van der Waals surface area contributed by atoms with Crippen LogP contribution in [0, 0.1) is 18.6 Å². The first-order valence-corrected chi connectivity index (χ1v) is 11.4. The maximum Gasteiger partial charge on any atom is 0.258 e. The number of benzene rings is 3. The molecule has 3 aromatic rings. The molecule has 4 rings (SSSR count). The van der Waals surface area contributed by atoms with Crippen LogP contribution in [0.2, 0.25) is 0 Å². The van der Waals surface area contributed by atoms with Crippen LogP contribution < -0.4 is 10.6 Å². The van der Waals surface area contributed by atoms with Crippen molar-refractivity contribution in [2.45, 2.75) is 13.0 Å². The molecule has 6 nitrogen and oxygen atoms in total. The number of nitrogens with one attached hydrogen (secondary N) is 2. The van der Waals surface area contributed by atoms with Crippen LogP contribution in [0.25, 0.3) is 0 Å². The third kappa shape index (κ3) is 6.09. The topological polar surface area (TPSA) is 70.7 Å². The lowest BCUT2D eigenvalue weighted by atomic mass is 10.0. The Bertz CT molecular complexity index is 1210. The van der Waals surface area contributed by atoms with Gasteiger partial charge in [-0.15, -0.1) is 0 Å². The van der Waals surface area contributed by atoms with E-state index in [2.05, 4.69) is 15.5 Å². The third-order valence-electron chi connectivity index (χ3n) is 6.04. The van der Waals surface area contributed by atoms with Gasteiger partial charge in [0.1, 0.15) is 11.6 Å². The monoisotopic (exact) mass is 479 g/mol. The molecule has 8 heteroatoms. The molecule has 0 bridgehead atoms. The average molecular weight is 480 g/mol. The van der Waals surface area contributed by atoms with E-state index in [1.165, 1.54) is 30.3 Å². The van der Waals surface area contributed by atoms with Gasteiger partial charge in [-0.1, -0.05) is 30.3 Å². The highest BCUT2D eigenvalue weighted by Gasteiger charge is 2.24. The van der Waals surface area contributed by atoms with Gasteiger partial charge < -0.3 is 15.4 Å². The Hall–Kier alpha value is -3.62. The Morgan fingerprint density at radius 3 is 2.49 bits per heavy atom. The van der Waals surface area contributed by atoms with E-state index in [1.54, 1.807) is 37.3 Å². The number of rotatable bonds is 7. The Morgan fingerprint density at radius 1 is 0.971 bits per heavy atom. The van der Waals surface area contributed by atoms with Gasteiger partial charge in [0.25, 0.3) is 11.8 Å². The highest BCUT2D eigenvalue weighted by Crippen LogP contribution is 2.23. The van der Waals surface area contributed by atoms with E-state index in [0.29, 0.717) is 37.6 Å². The van der Waals surface area contributed by atoms with E-state index in [9.17, 15) is 18.4 Å². The normalized spacial score (nSPS) is 14.8. The van der Waals surface area contributed by atoms with Gasteiger partial charge in [0.15, 0.2) is 0 Å². The molecule has 1 fully saturated rings. The minimum atomic E-state index is -0.622. The molecule has 1 unspecified atom stereocenters. The van der Waals surface area contributed by atoms with Crippen molar-refractivity contribution in [1.29, 1.82) is 0 Å². The van der Waals surface area contributed by atoms with Gasteiger partial charge >= 0.3 is 0 Å². The summed E-state index contributed by atoms with van der Waals surface area (Å²) in [5.41, 5.74) is 2.19. The van der Waals surface area contributed by atoms with Gasteiger partial charge in [-0.3, -0.25) is 14.5 Å². The van der Waals surface area contributed by atoms with Gasteiger partial charge in [0.05, 0.1) is 24.8 Å². The molecule has 0 radical (unpaired) electrons. The molecule has 2 N–H and O–H groups in total. The number of hydrogen-bond acceptors (Lipinski definition) is 4. The van der Waals surface area contributed by atoms with Crippen LogP contribution in [0.4, 0.5) is 14.5 Å². The van der Waals surface area contributed by atoms with Crippen LogP contribution in [0.5, 0.6) is 0 Å². The predicted octanol–water partition coefficient (Wildman–Crippen LogP) is 4.33. The summed E-state index contributed by atoms with van der Waals surface area (Å²) in [4.78, 5) is 27.7. The number of aryl methyl sites for hydroxylation is 1. The van der Waals surface area contributed by atoms with E-state index >= 15 is 0 Å². The first-order chi connectivity index (χ1) is 16.9. The minimum absolute atomic E-state index is 0.0785. The number of ether oxygens (including phenoxy) is 1. The first kappa shape index (κ1) is 24.5. The van der Waals surface area contributed by atoms with Crippen LogP contribution in [-0.4, -0.2) is 49.6 Å². The molecule has 1 heterocycles. The molecule has 0 aliphatic carbocycles. The number of amides is 2. The van der Waals surface area contributed by atoms with Crippen LogP contribution >= 0.6 is 0 Å². The molecule has 2 amide bonds. The standard InChI is InChI=1S/C27H27F2N3O3/c1-18-9-10-20(16-24(18)31-27(34)22-7-2-3-8-23(22)29)26(33)30-17-25(32-11-13-35-14-12-32)19-5-4-6-21(28)15-19/h2-10,15-16,25H,11-14,17H2,1H3,(H,30,33)(H,31,34). The molecule has 35 heavy (non-hydrogen) atoms. The van der Waals surface area contributed by atoms with Crippen LogP contribution in [0.1, 0.15) is 37.9 Å². The Morgan fingerprint density at radius 2 is 1.74 bits per heavy atom. The fourth-order valence-electron chi connectivity index (χ4n) is 4.09. The molecule has 0 spiro atoms. The summed E-state index contributed by atoms with van der Waals surface area (Å²) < 4.78 is 33.3. The second-order valence-electron chi connectivity index (χ2n) is 8.39. The second-order valence-corrected chi connectivity index (χ2v) is 8.39. The lowest BCUT2D eigenvalue weighted by Crippen LogP contribution is -2.43. The Balaban J connectivity index is 1.48. The van der Waals surface area contributed by atoms with E-state index in [4.69, 9.17) is 4.74 Å². The zero-order valence-electron chi connectivity index (χ0n) is 19.4. The van der Waals surface area contributed by atoms with Crippen LogP contribution in [0.3, 0.4) is 0 Å². The summed E-state index contributed by atoms with van der Waals surface area (Å²) in [5, 5.41) is 5.63. The summed E-state index contributed by atoms with van der Waals surface area (Å²) in [7, 11) is 0. The number of carbonyl (C=O) groups excluding carboxylic acids is 2. The molecule has 1 saturated heterocycles. The van der Waals surface area contributed by atoms with Crippen molar-refractivity contribution >= 4 is 17.5 Å². The van der Waals surface area contributed by atoms with Crippen molar-refractivity contribution in [3.63, 3.8) is 0 Å². The third-order valence-corrected chi connectivity index (χ3v) is 6.04. The van der Waals surface area contributed by atoms with Gasteiger partial charge in [-0.05, 0) is 54.4 Å². The molecule has 1 atom stereocenters. The molecular formula is C27H27F2N3O3. The van der Waals surface area contributed by atoms with Crippen molar-refractivity contribution in [3.8, 4) is 0 Å². The van der Waals surface area contributed by atoms with E-state index in [1.807, 2.05) is 6.07 Å². The summed E-state index contributed by atoms with van der Waals surface area (Å²) in [5.74, 6) is -1.88. The largest absolute Gasteiger partial charge is 0.379 e. The van der Waals surface area contributed by atoms with Gasteiger partial charge in [-0.25, -0.2) is 8.78 Å². The van der Waals surface area contributed by atoms with Crippen molar-refractivity contribution < 1.29 is 23.1 Å². The molecule has 182 valence electrons. The smallest absolute Gasteiger partial charge is 0.258 e. The number of hydrogen-bond donors (Lipinski definition) is 2. The number of nitrogens with zero attached hydrogens (tertiary/aromatic N) is 1. The van der Waals surface area contributed by atoms with E-state index in [-0.39, 0.29) is 29.9 Å². The lowest BCUT2D eigenvalue weighted by molar-refractivity contribution is 0.0162. The maximum absolute atomic E-state index is 14.0. The van der Waals surface area contributed by atoms with Crippen molar-refractivity contribution in [2.24, 2.45) is 0 Å². The van der Waals surface area contributed by atoms with Gasteiger partial charge in [0, 0.05) is 30.9 Å². The maximum atomic E-state index is 14.0. The number of anilines is 1. The number of carbonyl (C=O) groups is 2. The first-order valence-electron chi connectivity index (χ1n) is 11.4. The highest BCUT2D eigenvalue weighted by molar-refractivity contribution is 6.05. The van der Waals surface area contributed by atoms with Crippen molar-refractivity contribution in [1.82, 2.24) is 10.2 Å².